The summed E-state index contributed by atoms with van der Waals surface area (Å²) >= 11 is 0. The van der Waals surface area contributed by atoms with Crippen LogP contribution in [0, 0.1) is 0 Å². The van der Waals surface area contributed by atoms with Crippen LogP contribution in [0.2, 0.25) is 0 Å². The number of nitrogens with one attached hydrogen (secondary N) is 1. The molecule has 1 heterocycles. The average Bonchev–Trinajstić information content (AvgIpc) is 2.44. The van der Waals surface area contributed by atoms with Crippen molar-refractivity contribution in [1.29, 1.82) is 0 Å². The Bertz CT molecular complexity index is 465. The Morgan fingerprint density at radius 2 is 2.25 bits per heavy atom. The molecule has 0 saturated heterocycles. The molecule has 0 aliphatic rings. The summed E-state index contributed by atoms with van der Waals surface area (Å²) < 4.78 is 4.99. The highest BCUT2D eigenvalue weighted by molar-refractivity contribution is 5.74. The monoisotopic (exact) mass is 281 g/mol. The lowest BCUT2D eigenvalue weighted by atomic mass is 10.2. The molecule has 0 fully saturated rings. The van der Waals surface area contributed by atoms with Gasteiger partial charge in [-0.05, 0) is 18.1 Å². The molecule has 1 aromatic rings. The number of methoxy groups -OCH3 is 1. The number of rotatable bonds is 7. The van der Waals surface area contributed by atoms with Gasteiger partial charge in [0.2, 0.25) is 5.88 Å². The van der Waals surface area contributed by atoms with Gasteiger partial charge in [-0.15, -0.1) is 0 Å². The minimum Gasteiger partial charge on any atom is -0.481 e. The standard InChI is InChI=1S/C13H19N3O4/c1-16(7-3-4-12(17)18)13(19)15-9-10-5-6-14-11(8-10)20-2/h5-6,8H,3-4,7,9H2,1-2H3,(H,15,19)(H,17,18). The second kappa shape index (κ2) is 7.98. The summed E-state index contributed by atoms with van der Waals surface area (Å²) in [6.07, 6.45) is 2.10. The molecule has 0 aromatic carbocycles. The summed E-state index contributed by atoms with van der Waals surface area (Å²) in [4.78, 5) is 27.6. The number of urea groups is 1. The van der Waals surface area contributed by atoms with Crippen molar-refractivity contribution in [1.82, 2.24) is 15.2 Å². The fourth-order valence-electron chi connectivity index (χ4n) is 1.55. The number of aromatic nitrogens is 1. The smallest absolute Gasteiger partial charge is 0.317 e. The molecule has 0 aliphatic heterocycles. The minimum atomic E-state index is -0.859. The maximum absolute atomic E-state index is 11.8. The van der Waals surface area contributed by atoms with Crippen molar-refractivity contribution in [2.45, 2.75) is 19.4 Å². The van der Waals surface area contributed by atoms with Gasteiger partial charge in [-0.3, -0.25) is 4.79 Å². The van der Waals surface area contributed by atoms with E-state index in [1.807, 2.05) is 0 Å². The lowest BCUT2D eigenvalue weighted by Crippen LogP contribution is -2.37. The number of ether oxygens (including phenoxy) is 1. The third-order valence-corrected chi connectivity index (χ3v) is 2.68. The predicted octanol–water partition coefficient (Wildman–Crippen LogP) is 1.10. The summed E-state index contributed by atoms with van der Waals surface area (Å²) in [6.45, 7) is 0.763. The van der Waals surface area contributed by atoms with E-state index in [9.17, 15) is 9.59 Å². The summed E-state index contributed by atoms with van der Waals surface area (Å²) in [5.74, 6) is -0.366. The van der Waals surface area contributed by atoms with E-state index in [0.717, 1.165) is 5.56 Å². The van der Waals surface area contributed by atoms with Gasteiger partial charge in [-0.2, -0.15) is 0 Å². The Balaban J connectivity index is 2.36. The largest absolute Gasteiger partial charge is 0.481 e. The van der Waals surface area contributed by atoms with E-state index < -0.39 is 5.97 Å². The van der Waals surface area contributed by atoms with E-state index in [0.29, 0.717) is 25.4 Å². The SMILES string of the molecule is COc1cc(CNC(=O)N(C)CCCC(=O)O)ccn1. The Morgan fingerprint density at radius 1 is 1.50 bits per heavy atom. The number of aliphatic carboxylic acids is 1. The molecular formula is C13H19N3O4. The molecule has 1 aromatic heterocycles. The first-order chi connectivity index (χ1) is 9.52. The third kappa shape index (κ3) is 5.55. The molecule has 0 radical (unpaired) electrons. The van der Waals surface area contributed by atoms with Gasteiger partial charge in [0.15, 0.2) is 0 Å². The summed E-state index contributed by atoms with van der Waals surface area (Å²) in [7, 11) is 3.16. The first-order valence-electron chi connectivity index (χ1n) is 6.22. The molecule has 0 unspecified atom stereocenters. The molecule has 7 nitrogen and oxygen atoms in total. The van der Waals surface area contributed by atoms with Gasteiger partial charge in [-0.25, -0.2) is 9.78 Å². The van der Waals surface area contributed by atoms with Gasteiger partial charge in [0, 0.05) is 38.8 Å². The third-order valence-electron chi connectivity index (χ3n) is 2.68. The second-order valence-electron chi connectivity index (χ2n) is 4.28. The van der Waals surface area contributed by atoms with E-state index >= 15 is 0 Å². The Morgan fingerprint density at radius 3 is 2.90 bits per heavy atom. The molecular weight excluding hydrogens is 262 g/mol. The average molecular weight is 281 g/mol. The molecule has 0 aliphatic carbocycles. The highest BCUT2D eigenvalue weighted by atomic mass is 16.5. The van der Waals surface area contributed by atoms with Gasteiger partial charge in [-0.1, -0.05) is 0 Å². The zero-order chi connectivity index (χ0) is 15.0. The number of hydrogen-bond acceptors (Lipinski definition) is 4. The molecule has 2 N–H and O–H groups in total. The fourth-order valence-corrected chi connectivity index (χ4v) is 1.55. The first-order valence-corrected chi connectivity index (χ1v) is 6.22. The lowest BCUT2D eigenvalue weighted by Gasteiger charge is -2.17. The van der Waals surface area contributed by atoms with Gasteiger partial charge < -0.3 is 20.1 Å². The van der Waals surface area contributed by atoms with E-state index in [1.54, 1.807) is 25.4 Å². The van der Waals surface area contributed by atoms with Gasteiger partial charge in [0.25, 0.3) is 0 Å². The summed E-state index contributed by atoms with van der Waals surface area (Å²) in [5.41, 5.74) is 0.879. The molecule has 0 saturated carbocycles. The summed E-state index contributed by atoms with van der Waals surface area (Å²) in [6, 6.07) is 3.28. The number of carbonyl (C=O) groups excluding carboxylic acids is 1. The highest BCUT2D eigenvalue weighted by Crippen LogP contribution is 2.08. The van der Waals surface area contributed by atoms with Gasteiger partial charge >= 0.3 is 12.0 Å². The van der Waals surface area contributed by atoms with Crippen LogP contribution in [0.5, 0.6) is 5.88 Å². The minimum absolute atomic E-state index is 0.0547. The molecule has 0 bridgehead atoms. The van der Waals surface area contributed by atoms with E-state index in [2.05, 4.69) is 10.3 Å². The van der Waals surface area contributed by atoms with Crippen LogP contribution in [0.25, 0.3) is 0 Å². The van der Waals surface area contributed by atoms with E-state index in [4.69, 9.17) is 9.84 Å². The zero-order valence-corrected chi connectivity index (χ0v) is 11.6. The number of hydrogen-bond donors (Lipinski definition) is 2. The molecule has 20 heavy (non-hydrogen) atoms. The number of carbonyl (C=O) groups is 2. The molecule has 2 amide bonds. The second-order valence-corrected chi connectivity index (χ2v) is 4.28. The van der Waals surface area contributed by atoms with Crippen molar-refractivity contribution in [3.8, 4) is 5.88 Å². The lowest BCUT2D eigenvalue weighted by molar-refractivity contribution is -0.137. The molecule has 110 valence electrons. The Kier molecular flexibility index (Phi) is 6.28. The van der Waals surface area contributed by atoms with Crippen molar-refractivity contribution in [2.24, 2.45) is 0 Å². The molecule has 0 spiro atoms. The maximum Gasteiger partial charge on any atom is 0.317 e. The fraction of sp³-hybridized carbons (Fsp3) is 0.462. The van der Waals surface area contributed by atoms with Crippen molar-refractivity contribution < 1.29 is 19.4 Å². The predicted molar refractivity (Wildman–Crippen MR) is 72.5 cm³/mol. The first kappa shape index (κ1) is 15.7. The highest BCUT2D eigenvalue weighted by Gasteiger charge is 2.08. The normalized spacial score (nSPS) is 9.90. The van der Waals surface area contributed by atoms with Crippen molar-refractivity contribution >= 4 is 12.0 Å². The molecule has 0 atom stereocenters. The maximum atomic E-state index is 11.8. The topological polar surface area (TPSA) is 91.8 Å². The number of pyridine rings is 1. The molecule has 1 rings (SSSR count). The van der Waals surface area contributed by atoms with Crippen LogP contribution in [-0.4, -0.2) is 47.7 Å². The molecule has 7 heteroatoms. The van der Waals surface area contributed by atoms with Crippen LogP contribution >= 0.6 is 0 Å². The van der Waals surface area contributed by atoms with Crippen molar-refractivity contribution in [3.63, 3.8) is 0 Å². The summed E-state index contributed by atoms with van der Waals surface area (Å²) in [5, 5.41) is 11.3. The van der Waals surface area contributed by atoms with Crippen LogP contribution in [0.15, 0.2) is 18.3 Å². The number of carboxylic acids is 1. The van der Waals surface area contributed by atoms with Gasteiger partial charge in [0.05, 0.1) is 7.11 Å². The van der Waals surface area contributed by atoms with Crippen molar-refractivity contribution in [2.75, 3.05) is 20.7 Å². The van der Waals surface area contributed by atoms with E-state index in [-0.39, 0.29) is 12.5 Å². The van der Waals surface area contributed by atoms with Crippen molar-refractivity contribution in [3.05, 3.63) is 23.9 Å². The van der Waals surface area contributed by atoms with E-state index in [1.165, 1.54) is 12.0 Å². The van der Waals surface area contributed by atoms with Gasteiger partial charge in [0.1, 0.15) is 0 Å². The quantitative estimate of drug-likeness (QED) is 0.780. The van der Waals surface area contributed by atoms with Crippen LogP contribution < -0.4 is 10.1 Å². The Labute approximate surface area is 117 Å². The van der Waals surface area contributed by atoms with Crippen LogP contribution in [0.1, 0.15) is 18.4 Å². The number of nitrogens with zero attached hydrogens (tertiary/aromatic N) is 2. The van der Waals surface area contributed by atoms with Crippen LogP contribution in [-0.2, 0) is 11.3 Å². The Hall–Kier alpha value is -2.31. The number of carboxylic acid groups (broad SMARTS) is 1. The van der Waals surface area contributed by atoms with Crippen LogP contribution in [0.3, 0.4) is 0 Å². The number of amides is 2. The zero-order valence-electron chi connectivity index (χ0n) is 11.6. The van der Waals surface area contributed by atoms with Crippen LogP contribution in [0.4, 0.5) is 4.79 Å².